The Morgan fingerprint density at radius 1 is 1.16 bits per heavy atom. The largest absolute Gasteiger partial charge is 0.444 e. The maximum atomic E-state index is 13.2. The van der Waals surface area contributed by atoms with E-state index < -0.39 is 23.8 Å². The highest BCUT2D eigenvalue weighted by atomic mass is 19.4. The molecule has 4 rings (SSSR count). The molecule has 0 fully saturated rings. The summed E-state index contributed by atoms with van der Waals surface area (Å²) in [5.74, 6) is -0.327. The second-order valence-electron chi connectivity index (χ2n) is 7.37. The van der Waals surface area contributed by atoms with Crippen molar-refractivity contribution in [3.05, 3.63) is 83.7 Å². The standard InChI is InChI=1S/C23H20F3N3O2/c1-14-10-11-16(23(24,25)26)12-17(14)21-27-18-8-5-9-19(20(18)29-21)28-22(30)31-13-15-6-3-2-4-7-15/h2-12,14,17H,13H2,1H3,(H,27,29)(H,28,30). The number of ether oxygens (including phenoxy) is 1. The summed E-state index contributed by atoms with van der Waals surface area (Å²) in [7, 11) is 0. The number of imidazole rings is 1. The van der Waals surface area contributed by atoms with Gasteiger partial charge in [-0.2, -0.15) is 13.2 Å². The van der Waals surface area contributed by atoms with Gasteiger partial charge in [-0.25, -0.2) is 9.78 Å². The van der Waals surface area contributed by atoms with Crippen LogP contribution in [0.4, 0.5) is 23.7 Å². The number of hydrogen-bond acceptors (Lipinski definition) is 3. The van der Waals surface area contributed by atoms with Gasteiger partial charge in [0.05, 0.1) is 16.8 Å². The van der Waals surface area contributed by atoms with E-state index in [4.69, 9.17) is 4.74 Å². The Morgan fingerprint density at radius 2 is 1.94 bits per heavy atom. The molecule has 1 aromatic heterocycles. The van der Waals surface area contributed by atoms with E-state index in [1.807, 2.05) is 37.3 Å². The van der Waals surface area contributed by atoms with Gasteiger partial charge in [-0.05, 0) is 23.6 Å². The van der Waals surface area contributed by atoms with Gasteiger partial charge in [0.15, 0.2) is 0 Å². The third kappa shape index (κ3) is 4.63. The fraction of sp³-hybridized carbons (Fsp3) is 0.217. The molecule has 5 nitrogen and oxygen atoms in total. The van der Waals surface area contributed by atoms with E-state index in [-0.39, 0.29) is 12.5 Å². The number of nitrogens with zero attached hydrogens (tertiary/aromatic N) is 1. The van der Waals surface area contributed by atoms with Gasteiger partial charge in [-0.3, -0.25) is 5.32 Å². The van der Waals surface area contributed by atoms with Crippen molar-refractivity contribution >= 4 is 22.8 Å². The number of fused-ring (bicyclic) bond motifs is 1. The van der Waals surface area contributed by atoms with Gasteiger partial charge in [-0.1, -0.05) is 61.5 Å². The molecule has 2 atom stereocenters. The first-order valence-electron chi connectivity index (χ1n) is 9.75. The van der Waals surface area contributed by atoms with Gasteiger partial charge in [0.25, 0.3) is 0 Å². The van der Waals surface area contributed by atoms with Crippen LogP contribution in [-0.4, -0.2) is 22.2 Å². The molecule has 0 saturated heterocycles. The summed E-state index contributed by atoms with van der Waals surface area (Å²) < 4.78 is 44.7. The van der Waals surface area contributed by atoms with Crippen LogP contribution in [0.5, 0.6) is 0 Å². The molecule has 0 saturated carbocycles. The van der Waals surface area contributed by atoms with Crippen molar-refractivity contribution in [3.8, 4) is 0 Å². The Hall–Kier alpha value is -3.55. The Kier molecular flexibility index (Phi) is 5.54. The number of aromatic amines is 1. The molecule has 8 heteroatoms. The minimum absolute atomic E-state index is 0.116. The fourth-order valence-corrected chi connectivity index (χ4v) is 3.47. The van der Waals surface area contributed by atoms with Crippen molar-refractivity contribution in [2.24, 2.45) is 5.92 Å². The molecule has 0 radical (unpaired) electrons. The lowest BCUT2D eigenvalue weighted by atomic mass is 9.86. The summed E-state index contributed by atoms with van der Waals surface area (Å²) in [6, 6.07) is 14.4. The summed E-state index contributed by atoms with van der Waals surface area (Å²) in [5, 5.41) is 2.66. The number of amides is 1. The number of rotatable bonds is 4. The highest BCUT2D eigenvalue weighted by Crippen LogP contribution is 2.38. The van der Waals surface area contributed by atoms with Crippen molar-refractivity contribution in [1.29, 1.82) is 0 Å². The molecule has 2 N–H and O–H groups in total. The van der Waals surface area contributed by atoms with Crippen molar-refractivity contribution in [2.75, 3.05) is 5.32 Å². The molecule has 1 aliphatic carbocycles. The predicted molar refractivity (Wildman–Crippen MR) is 112 cm³/mol. The van der Waals surface area contributed by atoms with Crippen LogP contribution in [0.3, 0.4) is 0 Å². The zero-order chi connectivity index (χ0) is 22.0. The number of anilines is 1. The topological polar surface area (TPSA) is 67.0 Å². The van der Waals surface area contributed by atoms with Crippen LogP contribution in [0.15, 0.2) is 72.3 Å². The number of benzene rings is 2. The number of hydrogen-bond donors (Lipinski definition) is 2. The summed E-state index contributed by atoms with van der Waals surface area (Å²) in [6.07, 6.45) is -1.26. The third-order valence-corrected chi connectivity index (χ3v) is 5.13. The smallest absolute Gasteiger partial charge is 0.416 e. The van der Waals surface area contributed by atoms with Crippen molar-refractivity contribution in [1.82, 2.24) is 9.97 Å². The van der Waals surface area contributed by atoms with Crippen LogP contribution in [0.2, 0.25) is 0 Å². The van der Waals surface area contributed by atoms with Gasteiger partial charge in [0.1, 0.15) is 17.9 Å². The number of nitrogens with one attached hydrogen (secondary N) is 2. The van der Waals surface area contributed by atoms with Gasteiger partial charge in [0.2, 0.25) is 0 Å². The van der Waals surface area contributed by atoms with E-state index in [2.05, 4.69) is 15.3 Å². The van der Waals surface area contributed by atoms with E-state index in [1.165, 1.54) is 12.2 Å². The van der Waals surface area contributed by atoms with Crippen LogP contribution in [-0.2, 0) is 11.3 Å². The quantitative estimate of drug-likeness (QED) is 0.530. The molecule has 0 spiro atoms. The average Bonchev–Trinajstić information content (AvgIpc) is 3.18. The molecule has 31 heavy (non-hydrogen) atoms. The Bertz CT molecular complexity index is 1150. The average molecular weight is 427 g/mol. The van der Waals surface area contributed by atoms with Gasteiger partial charge >= 0.3 is 12.3 Å². The second kappa shape index (κ2) is 8.29. The van der Waals surface area contributed by atoms with Gasteiger partial charge in [-0.15, -0.1) is 0 Å². The minimum atomic E-state index is -4.42. The van der Waals surface area contributed by atoms with E-state index in [0.717, 1.165) is 11.6 Å². The molecule has 160 valence electrons. The summed E-state index contributed by atoms with van der Waals surface area (Å²) >= 11 is 0. The van der Waals surface area contributed by atoms with E-state index >= 15 is 0 Å². The van der Waals surface area contributed by atoms with Crippen LogP contribution >= 0.6 is 0 Å². The molecule has 0 aliphatic heterocycles. The zero-order valence-electron chi connectivity index (χ0n) is 16.6. The number of para-hydroxylation sites is 1. The van der Waals surface area contributed by atoms with Crippen molar-refractivity contribution in [3.63, 3.8) is 0 Å². The number of aromatic nitrogens is 2. The number of halogens is 3. The highest BCUT2D eigenvalue weighted by Gasteiger charge is 2.35. The lowest BCUT2D eigenvalue weighted by molar-refractivity contribution is -0.0888. The van der Waals surface area contributed by atoms with E-state index in [1.54, 1.807) is 18.2 Å². The third-order valence-electron chi connectivity index (χ3n) is 5.13. The number of carbonyl (C=O) groups is 1. The Morgan fingerprint density at radius 3 is 2.68 bits per heavy atom. The Balaban J connectivity index is 1.55. The predicted octanol–water partition coefficient (Wildman–Crippen LogP) is 6.09. The van der Waals surface area contributed by atoms with Crippen molar-refractivity contribution < 1.29 is 22.7 Å². The normalized spacial score (nSPS) is 18.6. The number of alkyl halides is 3. The molecular formula is C23H20F3N3O2. The monoisotopic (exact) mass is 427 g/mol. The maximum Gasteiger partial charge on any atom is 0.416 e. The number of carbonyl (C=O) groups excluding carboxylic acids is 1. The summed E-state index contributed by atoms with van der Waals surface area (Å²) in [4.78, 5) is 19.8. The highest BCUT2D eigenvalue weighted by molar-refractivity contribution is 5.96. The van der Waals surface area contributed by atoms with E-state index in [0.29, 0.717) is 22.5 Å². The van der Waals surface area contributed by atoms with Gasteiger partial charge < -0.3 is 9.72 Å². The van der Waals surface area contributed by atoms with Crippen LogP contribution in [0.25, 0.3) is 11.0 Å². The molecule has 1 aliphatic rings. The lowest BCUT2D eigenvalue weighted by Gasteiger charge is -2.22. The van der Waals surface area contributed by atoms with Crippen LogP contribution < -0.4 is 5.32 Å². The minimum Gasteiger partial charge on any atom is -0.444 e. The van der Waals surface area contributed by atoms with Gasteiger partial charge in [0, 0.05) is 5.92 Å². The molecule has 3 aromatic rings. The first-order chi connectivity index (χ1) is 14.8. The SMILES string of the molecule is CC1C=CC(C(F)(F)F)=CC1c1nc2c(NC(=O)OCc3ccccc3)cccc2[nH]1. The Labute approximate surface area is 176 Å². The lowest BCUT2D eigenvalue weighted by Crippen LogP contribution is -2.18. The molecule has 0 bridgehead atoms. The van der Waals surface area contributed by atoms with Crippen LogP contribution in [0, 0.1) is 5.92 Å². The van der Waals surface area contributed by atoms with E-state index in [9.17, 15) is 18.0 Å². The fourth-order valence-electron chi connectivity index (χ4n) is 3.47. The number of H-pyrrole nitrogens is 1. The first-order valence-corrected chi connectivity index (χ1v) is 9.75. The molecular weight excluding hydrogens is 407 g/mol. The maximum absolute atomic E-state index is 13.2. The summed E-state index contributed by atoms with van der Waals surface area (Å²) in [6.45, 7) is 1.95. The number of allylic oxidation sites excluding steroid dienone is 4. The second-order valence-corrected chi connectivity index (χ2v) is 7.37. The van der Waals surface area contributed by atoms with Crippen molar-refractivity contribution in [2.45, 2.75) is 25.6 Å². The molecule has 1 heterocycles. The molecule has 2 aromatic carbocycles. The van der Waals surface area contributed by atoms with Crippen LogP contribution in [0.1, 0.15) is 24.2 Å². The molecule has 2 unspecified atom stereocenters. The molecule has 1 amide bonds. The summed E-state index contributed by atoms with van der Waals surface area (Å²) in [5.41, 5.74) is 1.64. The first kappa shape index (κ1) is 20.7. The zero-order valence-corrected chi connectivity index (χ0v) is 16.6.